The van der Waals surface area contributed by atoms with E-state index in [-0.39, 0.29) is 14.9 Å². The van der Waals surface area contributed by atoms with Gasteiger partial charge in [-0.15, -0.1) is 0 Å². The van der Waals surface area contributed by atoms with Gasteiger partial charge in [0.15, 0.2) is 0 Å². The molecule has 0 fully saturated rings. The Morgan fingerprint density at radius 2 is 1.08 bits per heavy atom. The van der Waals surface area contributed by atoms with Crippen LogP contribution in [0.5, 0.6) is 0 Å². The Labute approximate surface area is 232 Å². The van der Waals surface area contributed by atoms with Crippen molar-refractivity contribution in [1.82, 2.24) is 0 Å². The fourth-order valence-corrected chi connectivity index (χ4v) is 3.31. The first-order chi connectivity index (χ1) is 17.1. The minimum absolute atomic E-state index is 0. The molecule has 0 heterocycles. The molecule has 4 rings (SSSR count). The third-order valence-corrected chi connectivity index (χ3v) is 5.30. The molecule has 0 atom stereocenters. The van der Waals surface area contributed by atoms with E-state index in [1.54, 1.807) is 54.6 Å². The van der Waals surface area contributed by atoms with Gasteiger partial charge in [0.2, 0.25) is 0 Å². The molecule has 0 spiro atoms. The van der Waals surface area contributed by atoms with Crippen LogP contribution in [0.3, 0.4) is 0 Å². The van der Waals surface area contributed by atoms with Gasteiger partial charge >= 0.3 is 7.12 Å². The second-order valence-electron chi connectivity index (χ2n) is 7.41. The summed E-state index contributed by atoms with van der Waals surface area (Å²) in [4.78, 5) is 21.8. The van der Waals surface area contributed by atoms with Gasteiger partial charge < -0.3 is 33.0 Å². The molecule has 200 valence electrons. The lowest BCUT2D eigenvalue weighted by Crippen LogP contribution is -2.29. The maximum Gasteiger partial charge on any atom is 0.488 e. The van der Waals surface area contributed by atoms with Crippen LogP contribution >= 0.6 is 15.9 Å². The molecular weight excluding hydrogens is 547 g/mol. The third kappa shape index (κ3) is 10.5. The average Bonchev–Trinajstić information content (AvgIpc) is 2.87. The number of carbonyl (C=O) groups is 2. The highest BCUT2D eigenvalue weighted by Gasteiger charge is 2.08. The van der Waals surface area contributed by atoms with Crippen molar-refractivity contribution in [3.8, 4) is 11.1 Å². The van der Waals surface area contributed by atoms with Crippen molar-refractivity contribution in [3.05, 3.63) is 113 Å². The minimum atomic E-state index is -1.34. The molecule has 0 unspecified atom stereocenters. The highest BCUT2D eigenvalue weighted by molar-refractivity contribution is 9.10. The van der Waals surface area contributed by atoms with E-state index in [4.69, 9.17) is 33.0 Å². The topological polar surface area (TPSA) is 179 Å². The van der Waals surface area contributed by atoms with Gasteiger partial charge in [-0.3, -0.25) is 9.59 Å². The summed E-state index contributed by atoms with van der Waals surface area (Å²) in [5.41, 5.74) is 25.4. The molecule has 0 saturated heterocycles. The first-order valence-electron chi connectivity index (χ1n) is 10.6. The molecule has 0 bridgehead atoms. The number of primary amides is 2. The van der Waals surface area contributed by atoms with Crippen molar-refractivity contribution in [2.45, 2.75) is 14.9 Å². The summed E-state index contributed by atoms with van der Waals surface area (Å²) < 4.78 is 0.792. The summed E-state index contributed by atoms with van der Waals surface area (Å²) in [5.74, 6) is -1.01. The van der Waals surface area contributed by atoms with E-state index < -0.39 is 18.9 Å². The fraction of sp³-hybridized carbons (Fsp3) is 0.0714. The zero-order valence-corrected chi connectivity index (χ0v) is 20.8. The molecule has 4 aromatic carbocycles. The molecule has 4 aromatic rings. The predicted molar refractivity (Wildman–Crippen MR) is 162 cm³/mol. The molecule has 0 aromatic heterocycles. The number of rotatable bonds is 4. The lowest BCUT2D eigenvalue weighted by molar-refractivity contribution is 0.0992. The number of nitrogens with two attached hydrogens (primary N) is 4. The molecule has 38 heavy (non-hydrogen) atoms. The molecule has 8 nitrogen and oxygen atoms in total. The molecule has 0 aliphatic rings. The van der Waals surface area contributed by atoms with E-state index in [0.29, 0.717) is 28.0 Å². The summed E-state index contributed by atoms with van der Waals surface area (Å²) in [6.45, 7) is 0. The number of amides is 2. The quantitative estimate of drug-likeness (QED) is 0.158. The standard InChI is InChI=1S/C13H12N2O.C7H7BrN2O.C6H7BO2.2CH4/c14-12-7-6-10(8-11(12)13(15)16)9-4-2-1-3-5-9;8-4-1-2-6(9)5(3-4)7(10)11;8-7(9)6-4-2-1-3-5-6;;/h1-8H,14H2,(H2,15,16);1-3H,9H2,(H2,10,11);1-5,8-9H;2*1H4. The summed E-state index contributed by atoms with van der Waals surface area (Å²) in [7, 11) is -1.34. The van der Waals surface area contributed by atoms with Crippen LogP contribution in [0.2, 0.25) is 0 Å². The molecular formula is C28H34BBrN4O4. The van der Waals surface area contributed by atoms with Crippen LogP contribution in [-0.4, -0.2) is 29.0 Å². The molecule has 0 aliphatic heterocycles. The normalized spacial score (nSPS) is 9.13. The smallest absolute Gasteiger partial charge is 0.423 e. The van der Waals surface area contributed by atoms with Gasteiger partial charge in [-0.25, -0.2) is 0 Å². The Hall–Kier alpha value is -4.12. The number of hydrogen-bond acceptors (Lipinski definition) is 6. The van der Waals surface area contributed by atoms with Crippen molar-refractivity contribution in [2.24, 2.45) is 11.5 Å². The highest BCUT2D eigenvalue weighted by Crippen LogP contribution is 2.23. The number of carbonyl (C=O) groups excluding carboxylic acids is 2. The average molecular weight is 581 g/mol. The van der Waals surface area contributed by atoms with Crippen LogP contribution in [0.25, 0.3) is 11.1 Å². The van der Waals surface area contributed by atoms with E-state index >= 15 is 0 Å². The molecule has 2 amide bonds. The number of hydrogen-bond donors (Lipinski definition) is 6. The van der Waals surface area contributed by atoms with Gasteiger partial charge in [0.05, 0.1) is 11.1 Å². The maximum absolute atomic E-state index is 11.1. The minimum Gasteiger partial charge on any atom is -0.423 e. The van der Waals surface area contributed by atoms with E-state index in [0.717, 1.165) is 15.6 Å². The van der Waals surface area contributed by atoms with Crippen molar-refractivity contribution >= 4 is 51.7 Å². The molecule has 0 saturated carbocycles. The Balaban J connectivity index is 0.000000551. The Morgan fingerprint density at radius 3 is 1.50 bits per heavy atom. The highest BCUT2D eigenvalue weighted by atomic mass is 79.9. The molecule has 0 radical (unpaired) electrons. The third-order valence-electron chi connectivity index (χ3n) is 4.80. The lowest BCUT2D eigenvalue weighted by Gasteiger charge is -2.05. The fourth-order valence-electron chi connectivity index (χ4n) is 2.95. The predicted octanol–water partition coefficient (Wildman–Crippen LogP) is 3.80. The van der Waals surface area contributed by atoms with E-state index in [2.05, 4.69) is 15.9 Å². The summed E-state index contributed by atoms with van der Waals surface area (Å²) >= 11 is 3.20. The first-order valence-corrected chi connectivity index (χ1v) is 11.4. The largest absolute Gasteiger partial charge is 0.488 e. The number of anilines is 2. The van der Waals surface area contributed by atoms with Crippen LogP contribution in [0.15, 0.2) is 102 Å². The zero-order valence-electron chi connectivity index (χ0n) is 19.2. The van der Waals surface area contributed by atoms with Gasteiger partial charge in [-0.1, -0.05) is 97.5 Å². The molecule has 0 aliphatic carbocycles. The van der Waals surface area contributed by atoms with Crippen molar-refractivity contribution in [3.63, 3.8) is 0 Å². The first kappa shape index (κ1) is 33.9. The van der Waals surface area contributed by atoms with Crippen molar-refractivity contribution in [1.29, 1.82) is 0 Å². The number of nitrogen functional groups attached to an aromatic ring is 2. The van der Waals surface area contributed by atoms with Gasteiger partial charge in [-0.05, 0) is 46.9 Å². The lowest BCUT2D eigenvalue weighted by atomic mass is 9.81. The van der Waals surface area contributed by atoms with Gasteiger partial charge in [-0.2, -0.15) is 0 Å². The second kappa shape index (κ2) is 16.6. The summed E-state index contributed by atoms with van der Waals surface area (Å²) in [5, 5.41) is 17.2. The Morgan fingerprint density at radius 1 is 0.632 bits per heavy atom. The van der Waals surface area contributed by atoms with Crippen LogP contribution in [0.1, 0.15) is 35.6 Å². The van der Waals surface area contributed by atoms with Crippen LogP contribution in [0, 0.1) is 0 Å². The van der Waals surface area contributed by atoms with Crippen LogP contribution in [-0.2, 0) is 0 Å². The molecule has 10 N–H and O–H groups in total. The monoisotopic (exact) mass is 580 g/mol. The van der Waals surface area contributed by atoms with Gasteiger partial charge in [0.25, 0.3) is 11.8 Å². The zero-order chi connectivity index (χ0) is 26.7. The Kier molecular flexibility index (Phi) is 14.8. The summed E-state index contributed by atoms with van der Waals surface area (Å²) in [6, 6.07) is 28.7. The number of benzene rings is 4. The van der Waals surface area contributed by atoms with Crippen LogP contribution in [0.4, 0.5) is 11.4 Å². The Bertz CT molecular complexity index is 1310. The van der Waals surface area contributed by atoms with Gasteiger partial charge in [0, 0.05) is 15.8 Å². The summed E-state index contributed by atoms with van der Waals surface area (Å²) in [6.07, 6.45) is 0. The van der Waals surface area contributed by atoms with Crippen molar-refractivity contribution < 1.29 is 19.6 Å². The van der Waals surface area contributed by atoms with Crippen molar-refractivity contribution in [2.75, 3.05) is 11.5 Å². The SMILES string of the molecule is C.C.NC(=O)c1cc(-c2ccccc2)ccc1N.NC(=O)c1cc(Br)ccc1N.OB(O)c1ccccc1. The maximum atomic E-state index is 11.1. The van der Waals surface area contributed by atoms with Crippen LogP contribution < -0.4 is 28.4 Å². The molecule has 10 heteroatoms. The van der Waals surface area contributed by atoms with E-state index in [9.17, 15) is 9.59 Å². The van der Waals surface area contributed by atoms with Gasteiger partial charge in [0.1, 0.15) is 0 Å². The van der Waals surface area contributed by atoms with E-state index in [1.165, 1.54) is 0 Å². The van der Waals surface area contributed by atoms with E-state index in [1.807, 2.05) is 42.5 Å². The number of halogens is 1. The second-order valence-corrected chi connectivity index (χ2v) is 8.33.